The predicted octanol–water partition coefficient (Wildman–Crippen LogP) is 7.08. The van der Waals surface area contributed by atoms with Crippen molar-refractivity contribution >= 4 is 16.7 Å². The highest BCUT2D eigenvalue weighted by atomic mass is 19.4. The van der Waals surface area contributed by atoms with E-state index in [2.05, 4.69) is 4.90 Å². The summed E-state index contributed by atoms with van der Waals surface area (Å²) in [7, 11) is 0. The first kappa shape index (κ1) is 29.2. The Hall–Kier alpha value is -3.92. The van der Waals surface area contributed by atoms with Crippen molar-refractivity contribution in [1.29, 1.82) is 0 Å². The minimum atomic E-state index is -4.64. The lowest BCUT2D eigenvalue weighted by atomic mass is 9.73. The second kappa shape index (κ2) is 11.3. The van der Waals surface area contributed by atoms with Crippen LogP contribution in [0.5, 0.6) is 5.88 Å². The van der Waals surface area contributed by atoms with Gasteiger partial charge < -0.3 is 19.9 Å². The van der Waals surface area contributed by atoms with Crippen LogP contribution in [0.4, 0.5) is 22.0 Å². The lowest BCUT2D eigenvalue weighted by Crippen LogP contribution is -2.47. The van der Waals surface area contributed by atoms with E-state index in [1.165, 1.54) is 36.4 Å². The first-order valence-corrected chi connectivity index (χ1v) is 14.5. The van der Waals surface area contributed by atoms with E-state index in [0.717, 1.165) is 36.7 Å². The van der Waals surface area contributed by atoms with Gasteiger partial charge in [-0.15, -0.1) is 0 Å². The van der Waals surface area contributed by atoms with Crippen LogP contribution in [0.25, 0.3) is 21.9 Å². The molecule has 6 rings (SSSR count). The van der Waals surface area contributed by atoms with Crippen LogP contribution in [0.2, 0.25) is 0 Å². The number of fused-ring (bicyclic) bond motifs is 4. The number of halogens is 5. The standard InChI is InChI=1S/C33H32F5N3O2/c34-22-7-9-26-27-10-8-23(35)18-29(27)32(28(26)17-22,31(43)39-20-33(36,37)38)13-3-4-14-40-15-11-24(12-16-40)41-19-21-5-1-2-6-25(21)30(41)42/h1-2,5-10,17-19,24,42H,3-4,11-16,20H2,(H,39,43). The fourth-order valence-corrected chi connectivity index (χ4v) is 6.90. The molecule has 1 amide bonds. The highest BCUT2D eigenvalue weighted by Crippen LogP contribution is 2.52. The number of unbranched alkanes of at least 4 members (excludes halogenated alkanes) is 1. The number of aromatic hydroxyl groups is 1. The number of amides is 1. The Kier molecular flexibility index (Phi) is 7.66. The van der Waals surface area contributed by atoms with Crippen LogP contribution in [0.1, 0.15) is 49.3 Å². The van der Waals surface area contributed by atoms with Crippen molar-refractivity contribution in [2.45, 2.75) is 49.7 Å². The summed E-state index contributed by atoms with van der Waals surface area (Å²) in [5, 5.41) is 14.5. The SMILES string of the molecule is O=C(NCC(F)(F)F)C1(CCCCN2CCC(n3cc4ccccc4c3O)CC2)c2cc(F)ccc2-c2ccc(F)cc21. The van der Waals surface area contributed by atoms with E-state index >= 15 is 0 Å². The van der Waals surface area contributed by atoms with Gasteiger partial charge in [-0.05, 0) is 84.8 Å². The number of benzene rings is 3. The van der Waals surface area contributed by atoms with Crippen LogP contribution in [0.3, 0.4) is 0 Å². The fraction of sp³-hybridized carbons (Fsp3) is 0.364. The Morgan fingerprint density at radius 1 is 0.930 bits per heavy atom. The molecule has 1 aliphatic heterocycles. The third kappa shape index (κ3) is 5.48. The van der Waals surface area contributed by atoms with Crippen LogP contribution >= 0.6 is 0 Å². The Bertz CT molecular complexity index is 1600. The van der Waals surface area contributed by atoms with E-state index in [9.17, 15) is 31.9 Å². The Morgan fingerprint density at radius 3 is 2.16 bits per heavy atom. The van der Waals surface area contributed by atoms with Crippen LogP contribution in [-0.4, -0.2) is 52.8 Å². The first-order chi connectivity index (χ1) is 20.6. The van der Waals surface area contributed by atoms with Crippen molar-refractivity contribution in [3.05, 3.63) is 89.6 Å². The van der Waals surface area contributed by atoms with Crippen LogP contribution in [-0.2, 0) is 10.2 Å². The van der Waals surface area contributed by atoms with Crippen molar-refractivity contribution in [2.75, 3.05) is 26.2 Å². The van der Waals surface area contributed by atoms with Gasteiger partial charge in [0.05, 0.1) is 0 Å². The summed E-state index contributed by atoms with van der Waals surface area (Å²) in [6.45, 7) is 0.777. The molecular formula is C33H32F5N3O2. The molecule has 0 bridgehead atoms. The molecule has 2 N–H and O–H groups in total. The predicted molar refractivity (Wildman–Crippen MR) is 154 cm³/mol. The molecule has 0 saturated carbocycles. The Balaban J connectivity index is 1.16. The number of hydrogen-bond donors (Lipinski definition) is 2. The molecule has 1 saturated heterocycles. The molecule has 2 heterocycles. The molecule has 2 aliphatic rings. The third-order valence-corrected chi connectivity index (χ3v) is 8.96. The van der Waals surface area contributed by atoms with Crippen molar-refractivity contribution in [2.24, 2.45) is 0 Å². The quantitative estimate of drug-likeness (QED) is 0.169. The number of likely N-dealkylation sites (tertiary alicyclic amines) is 1. The molecule has 1 aromatic heterocycles. The molecule has 226 valence electrons. The number of aromatic nitrogens is 1. The van der Waals surface area contributed by atoms with E-state index in [0.29, 0.717) is 30.5 Å². The van der Waals surface area contributed by atoms with Gasteiger partial charge in [0, 0.05) is 36.1 Å². The van der Waals surface area contributed by atoms with Gasteiger partial charge >= 0.3 is 6.18 Å². The van der Waals surface area contributed by atoms with Crippen molar-refractivity contribution in [3.8, 4) is 17.0 Å². The smallest absolute Gasteiger partial charge is 0.405 e. The van der Waals surface area contributed by atoms with E-state index in [1.807, 2.05) is 40.3 Å². The van der Waals surface area contributed by atoms with Gasteiger partial charge in [0.1, 0.15) is 23.6 Å². The van der Waals surface area contributed by atoms with Gasteiger partial charge in [-0.25, -0.2) is 8.78 Å². The zero-order valence-electron chi connectivity index (χ0n) is 23.4. The molecule has 0 unspecified atom stereocenters. The van der Waals surface area contributed by atoms with Gasteiger partial charge in [-0.1, -0.05) is 36.8 Å². The molecule has 3 aromatic carbocycles. The maximum absolute atomic E-state index is 14.5. The zero-order valence-corrected chi connectivity index (χ0v) is 23.4. The largest absolute Gasteiger partial charge is 0.494 e. The number of hydrogen-bond acceptors (Lipinski definition) is 3. The number of alkyl halides is 3. The first-order valence-electron chi connectivity index (χ1n) is 14.5. The molecule has 0 radical (unpaired) electrons. The number of piperidine rings is 1. The second-order valence-corrected chi connectivity index (χ2v) is 11.6. The highest BCUT2D eigenvalue weighted by Gasteiger charge is 2.49. The molecule has 4 aromatic rings. The number of carbonyl (C=O) groups excluding carboxylic acids is 1. The van der Waals surface area contributed by atoms with Crippen LogP contribution in [0, 0.1) is 11.6 Å². The lowest BCUT2D eigenvalue weighted by Gasteiger charge is -2.34. The van der Waals surface area contributed by atoms with Crippen molar-refractivity contribution in [1.82, 2.24) is 14.8 Å². The summed E-state index contributed by atoms with van der Waals surface area (Å²) in [5.74, 6) is -1.89. The minimum Gasteiger partial charge on any atom is -0.494 e. The lowest BCUT2D eigenvalue weighted by molar-refractivity contribution is -0.141. The summed E-state index contributed by atoms with van der Waals surface area (Å²) in [6.07, 6.45) is 0.236. The van der Waals surface area contributed by atoms with Gasteiger partial charge in [0.25, 0.3) is 0 Å². The van der Waals surface area contributed by atoms with E-state index in [-0.39, 0.29) is 29.5 Å². The van der Waals surface area contributed by atoms with E-state index in [1.54, 1.807) is 0 Å². The normalized spacial score (nSPS) is 16.8. The van der Waals surface area contributed by atoms with Crippen molar-refractivity contribution in [3.63, 3.8) is 0 Å². The third-order valence-electron chi connectivity index (χ3n) is 8.96. The minimum absolute atomic E-state index is 0.101. The molecule has 0 atom stereocenters. The van der Waals surface area contributed by atoms with Crippen molar-refractivity contribution < 1.29 is 31.9 Å². The second-order valence-electron chi connectivity index (χ2n) is 11.6. The van der Waals surface area contributed by atoms with Gasteiger partial charge in [0.2, 0.25) is 5.91 Å². The molecule has 43 heavy (non-hydrogen) atoms. The molecule has 5 nitrogen and oxygen atoms in total. The average Bonchev–Trinajstić information content (AvgIpc) is 3.46. The molecule has 0 spiro atoms. The van der Waals surface area contributed by atoms with Crippen LogP contribution in [0.15, 0.2) is 66.9 Å². The average molecular weight is 598 g/mol. The molecule has 1 fully saturated rings. The summed E-state index contributed by atoms with van der Waals surface area (Å²) < 4.78 is 70.3. The van der Waals surface area contributed by atoms with Gasteiger partial charge in [-0.3, -0.25) is 4.79 Å². The summed E-state index contributed by atoms with van der Waals surface area (Å²) >= 11 is 0. The number of carbonyl (C=O) groups is 1. The van der Waals surface area contributed by atoms with E-state index < -0.39 is 35.7 Å². The maximum Gasteiger partial charge on any atom is 0.405 e. The maximum atomic E-state index is 14.5. The van der Waals surface area contributed by atoms with Crippen LogP contribution < -0.4 is 5.32 Å². The Labute approximate surface area is 245 Å². The topological polar surface area (TPSA) is 57.5 Å². The Morgan fingerprint density at radius 2 is 1.56 bits per heavy atom. The van der Waals surface area contributed by atoms with Gasteiger partial charge in [-0.2, -0.15) is 13.2 Å². The monoisotopic (exact) mass is 597 g/mol. The number of nitrogens with zero attached hydrogens (tertiary/aromatic N) is 2. The summed E-state index contributed by atoms with van der Waals surface area (Å²) in [5.41, 5.74) is -0.107. The highest BCUT2D eigenvalue weighted by molar-refractivity contribution is 6.00. The molecular weight excluding hydrogens is 565 g/mol. The molecule has 10 heteroatoms. The summed E-state index contributed by atoms with van der Waals surface area (Å²) in [6, 6.07) is 15.7. The fourth-order valence-electron chi connectivity index (χ4n) is 6.90. The van der Waals surface area contributed by atoms with Gasteiger partial charge in [0.15, 0.2) is 5.88 Å². The molecule has 1 aliphatic carbocycles. The van der Waals surface area contributed by atoms with E-state index in [4.69, 9.17) is 0 Å². The number of nitrogens with one attached hydrogen (secondary N) is 1. The number of rotatable bonds is 8. The summed E-state index contributed by atoms with van der Waals surface area (Å²) in [4.78, 5) is 15.9. The zero-order chi connectivity index (χ0) is 30.4.